The molecule has 0 heterocycles. The number of aryl methyl sites for hydroxylation is 1. The van der Waals surface area contributed by atoms with Crippen molar-refractivity contribution in [2.75, 3.05) is 5.32 Å². The second kappa shape index (κ2) is 12.9. The molecule has 6 rings (SSSR count). The van der Waals surface area contributed by atoms with Crippen LogP contribution in [0.4, 0.5) is 5.69 Å². The summed E-state index contributed by atoms with van der Waals surface area (Å²) < 4.78 is 0. The quantitative estimate of drug-likeness (QED) is 0.163. The molecule has 0 saturated heterocycles. The maximum absolute atomic E-state index is 13.7. The molecule has 6 aromatic rings. The summed E-state index contributed by atoms with van der Waals surface area (Å²) in [4.78, 5) is 27.1. The topological polar surface area (TPSA) is 58.2 Å². The van der Waals surface area contributed by atoms with Gasteiger partial charge in [-0.05, 0) is 52.8 Å². The van der Waals surface area contributed by atoms with E-state index in [0.717, 1.165) is 32.8 Å². The molecule has 0 fully saturated rings. The number of nitrogens with one attached hydrogen (secondary N) is 2. The van der Waals surface area contributed by atoms with Crippen molar-refractivity contribution >= 4 is 52.1 Å². The molecule has 0 saturated carbocycles. The van der Waals surface area contributed by atoms with E-state index in [1.54, 1.807) is 0 Å². The maximum atomic E-state index is 13.7. The standard InChI is InChI=1S/C38H31N2O2P/c1-27-25-26-28-15-11-12-22-32(28)35(27)39-37(41)38(42)40-36(29-16-5-2-6-17-29)33-23-13-14-24-34(33)43(30-18-7-3-8-19-30)31-20-9-4-10-21-31/h2-26,36H,1H3,(H,39,41)(H,40,42)/t36-/m1/s1. The van der Waals surface area contributed by atoms with E-state index in [2.05, 4.69) is 71.3 Å². The highest BCUT2D eigenvalue weighted by Gasteiger charge is 2.27. The Labute approximate surface area is 253 Å². The van der Waals surface area contributed by atoms with E-state index in [4.69, 9.17) is 0 Å². The van der Waals surface area contributed by atoms with Crippen molar-refractivity contribution in [3.63, 3.8) is 0 Å². The number of hydrogen-bond donors (Lipinski definition) is 2. The number of fused-ring (bicyclic) bond motifs is 1. The highest BCUT2D eigenvalue weighted by atomic mass is 31.1. The number of amides is 2. The average molecular weight is 579 g/mol. The molecule has 4 nitrogen and oxygen atoms in total. The lowest BCUT2D eigenvalue weighted by molar-refractivity contribution is -0.136. The first kappa shape index (κ1) is 28.1. The Morgan fingerprint density at radius 2 is 1.14 bits per heavy atom. The van der Waals surface area contributed by atoms with E-state index in [1.807, 2.05) is 97.9 Å². The van der Waals surface area contributed by atoms with Crippen LogP contribution < -0.4 is 26.5 Å². The molecule has 5 heteroatoms. The fourth-order valence-electron chi connectivity index (χ4n) is 5.42. The van der Waals surface area contributed by atoms with Gasteiger partial charge in [0.15, 0.2) is 0 Å². The molecule has 2 N–H and O–H groups in total. The molecular formula is C38H31N2O2P. The summed E-state index contributed by atoms with van der Waals surface area (Å²) in [5, 5.41) is 11.4. The molecule has 210 valence electrons. The molecule has 0 bridgehead atoms. The minimum absolute atomic E-state index is 0.540. The average Bonchev–Trinajstić information content (AvgIpc) is 3.06. The van der Waals surface area contributed by atoms with Crippen LogP contribution in [0.2, 0.25) is 0 Å². The van der Waals surface area contributed by atoms with Gasteiger partial charge in [0.1, 0.15) is 0 Å². The predicted octanol–water partition coefficient (Wildman–Crippen LogP) is 6.75. The maximum Gasteiger partial charge on any atom is 0.313 e. The Morgan fingerprint density at radius 1 is 0.581 bits per heavy atom. The number of hydrogen-bond acceptors (Lipinski definition) is 2. The second-order valence-electron chi connectivity index (χ2n) is 10.3. The minimum atomic E-state index is -0.946. The number of carbonyl (C=O) groups excluding carboxylic acids is 2. The van der Waals surface area contributed by atoms with E-state index in [-0.39, 0.29) is 0 Å². The van der Waals surface area contributed by atoms with Gasteiger partial charge in [0, 0.05) is 5.39 Å². The highest BCUT2D eigenvalue weighted by molar-refractivity contribution is 7.79. The predicted molar refractivity (Wildman–Crippen MR) is 179 cm³/mol. The van der Waals surface area contributed by atoms with Crippen LogP contribution in [0.5, 0.6) is 0 Å². The van der Waals surface area contributed by atoms with Crippen LogP contribution in [0, 0.1) is 6.92 Å². The van der Waals surface area contributed by atoms with Gasteiger partial charge < -0.3 is 10.6 Å². The van der Waals surface area contributed by atoms with Gasteiger partial charge in [0.2, 0.25) is 0 Å². The Bertz CT molecular complexity index is 1840. The number of carbonyl (C=O) groups is 2. The van der Waals surface area contributed by atoms with Crippen molar-refractivity contribution in [2.24, 2.45) is 0 Å². The summed E-state index contributed by atoms with van der Waals surface area (Å²) in [6.07, 6.45) is 0. The van der Waals surface area contributed by atoms with Crippen molar-refractivity contribution in [1.29, 1.82) is 0 Å². The first-order valence-electron chi connectivity index (χ1n) is 14.2. The smallest absolute Gasteiger partial charge is 0.313 e. The van der Waals surface area contributed by atoms with Crippen molar-refractivity contribution in [1.82, 2.24) is 5.32 Å². The molecule has 2 amide bonds. The first-order chi connectivity index (χ1) is 21.1. The molecule has 43 heavy (non-hydrogen) atoms. The summed E-state index contributed by atoms with van der Waals surface area (Å²) in [6, 6.07) is 50.2. The Hall–Kier alpha value is -5.05. The van der Waals surface area contributed by atoms with Crippen LogP contribution in [0.15, 0.2) is 152 Å². The first-order valence-corrected chi connectivity index (χ1v) is 15.6. The van der Waals surface area contributed by atoms with Crippen molar-refractivity contribution in [2.45, 2.75) is 13.0 Å². The highest BCUT2D eigenvalue weighted by Crippen LogP contribution is 2.37. The number of rotatable bonds is 7. The normalized spacial score (nSPS) is 11.7. The third kappa shape index (κ3) is 6.11. The molecule has 1 atom stereocenters. The molecule has 0 aromatic heterocycles. The Balaban J connectivity index is 1.39. The van der Waals surface area contributed by atoms with E-state index >= 15 is 0 Å². The SMILES string of the molecule is Cc1ccc2ccccc2c1NC(=O)C(=O)N[C@H](c1ccccc1)c1ccccc1P(c1ccccc1)c1ccccc1. The molecule has 0 aliphatic heterocycles. The summed E-state index contributed by atoms with van der Waals surface area (Å²) in [6.45, 7) is 1.93. The second-order valence-corrected chi connectivity index (χ2v) is 12.5. The molecule has 0 aliphatic rings. The van der Waals surface area contributed by atoms with Gasteiger partial charge in [0.25, 0.3) is 0 Å². The monoisotopic (exact) mass is 578 g/mol. The fraction of sp³-hybridized carbons (Fsp3) is 0.0526. The van der Waals surface area contributed by atoms with Gasteiger partial charge in [-0.1, -0.05) is 152 Å². The largest absolute Gasteiger partial charge is 0.337 e. The van der Waals surface area contributed by atoms with Crippen LogP contribution >= 0.6 is 7.92 Å². The molecule has 6 aromatic carbocycles. The number of benzene rings is 6. The van der Waals surface area contributed by atoms with Crippen molar-refractivity contribution in [3.05, 3.63) is 168 Å². The molecular weight excluding hydrogens is 547 g/mol. The third-order valence-electron chi connectivity index (χ3n) is 7.51. The summed E-state index contributed by atoms with van der Waals surface area (Å²) in [5.74, 6) is -1.40. The van der Waals surface area contributed by atoms with Crippen molar-refractivity contribution in [3.8, 4) is 0 Å². The Kier molecular flexibility index (Phi) is 8.40. The zero-order valence-electron chi connectivity index (χ0n) is 23.8. The van der Waals surface area contributed by atoms with Gasteiger partial charge in [-0.25, -0.2) is 0 Å². The fourth-order valence-corrected chi connectivity index (χ4v) is 7.91. The van der Waals surface area contributed by atoms with Gasteiger partial charge >= 0.3 is 11.8 Å². The van der Waals surface area contributed by atoms with Crippen LogP contribution in [-0.4, -0.2) is 11.8 Å². The lowest BCUT2D eigenvalue weighted by atomic mass is 9.98. The zero-order valence-corrected chi connectivity index (χ0v) is 24.7. The van der Waals surface area contributed by atoms with Gasteiger partial charge in [0.05, 0.1) is 11.7 Å². The zero-order chi connectivity index (χ0) is 29.6. The van der Waals surface area contributed by atoms with E-state index in [9.17, 15) is 9.59 Å². The van der Waals surface area contributed by atoms with E-state index in [1.165, 1.54) is 10.6 Å². The lowest BCUT2D eigenvalue weighted by Gasteiger charge is -2.27. The van der Waals surface area contributed by atoms with Gasteiger partial charge in [-0.3, -0.25) is 9.59 Å². The Morgan fingerprint density at radius 3 is 1.81 bits per heavy atom. The summed E-state index contributed by atoms with van der Waals surface area (Å²) in [7, 11) is -0.946. The van der Waals surface area contributed by atoms with Gasteiger partial charge in [-0.2, -0.15) is 0 Å². The van der Waals surface area contributed by atoms with Crippen LogP contribution in [0.1, 0.15) is 22.7 Å². The van der Waals surface area contributed by atoms with Gasteiger partial charge in [-0.15, -0.1) is 0 Å². The van der Waals surface area contributed by atoms with E-state index < -0.39 is 25.8 Å². The third-order valence-corrected chi connectivity index (χ3v) is 10.0. The minimum Gasteiger partial charge on any atom is -0.337 e. The van der Waals surface area contributed by atoms with Crippen molar-refractivity contribution < 1.29 is 9.59 Å². The van der Waals surface area contributed by atoms with Crippen LogP contribution in [0.3, 0.4) is 0 Å². The van der Waals surface area contributed by atoms with E-state index in [0.29, 0.717) is 5.69 Å². The van der Waals surface area contributed by atoms with Crippen LogP contribution in [-0.2, 0) is 9.59 Å². The molecule has 0 spiro atoms. The molecule has 0 unspecified atom stereocenters. The number of anilines is 1. The van der Waals surface area contributed by atoms with Crippen LogP contribution in [0.25, 0.3) is 10.8 Å². The lowest BCUT2D eigenvalue weighted by Crippen LogP contribution is -2.40. The summed E-state index contributed by atoms with van der Waals surface area (Å²) >= 11 is 0. The summed E-state index contributed by atoms with van der Waals surface area (Å²) in [5.41, 5.74) is 3.39. The molecule has 0 aliphatic carbocycles. The molecule has 0 radical (unpaired) electrons.